The van der Waals surface area contributed by atoms with Crippen LogP contribution in [0.4, 0.5) is 0 Å². The van der Waals surface area contributed by atoms with E-state index in [0.717, 1.165) is 41.2 Å². The third kappa shape index (κ3) is 2.78. The average molecular weight is 330 g/mol. The summed E-state index contributed by atoms with van der Waals surface area (Å²) in [4.78, 5) is 12.5. The highest BCUT2D eigenvalue weighted by Gasteiger charge is 2.53. The van der Waals surface area contributed by atoms with Gasteiger partial charge in [0.05, 0.1) is 5.69 Å². The zero-order chi connectivity index (χ0) is 16.9. The minimum absolute atomic E-state index is 0.179. The first-order chi connectivity index (χ1) is 11.4. The fourth-order valence-electron chi connectivity index (χ4n) is 6.27. The highest BCUT2D eigenvalue weighted by molar-refractivity contribution is 5.76. The van der Waals surface area contributed by atoms with Crippen molar-refractivity contribution in [2.75, 3.05) is 0 Å². The molecule has 0 aliphatic heterocycles. The number of rotatable bonds is 5. The van der Waals surface area contributed by atoms with Crippen LogP contribution in [-0.4, -0.2) is 17.1 Å². The second kappa shape index (κ2) is 5.89. The standard InChI is InChI=1S/C20H30N2O2/c1-12-18(13(2)24-22-12)4-5-19(23)21-14(3)20-9-15-6-16(10-20)8-17(7-15)11-20/h14-17H,4-11H2,1-3H3,(H,21,23)/t14-,15?,16?,17?,20?/m1/s1. The van der Waals surface area contributed by atoms with Crippen LogP contribution in [-0.2, 0) is 11.2 Å². The van der Waals surface area contributed by atoms with Crippen LogP contribution >= 0.6 is 0 Å². The first kappa shape index (κ1) is 16.2. The zero-order valence-corrected chi connectivity index (χ0v) is 15.2. The Hall–Kier alpha value is -1.32. The van der Waals surface area contributed by atoms with Crippen molar-refractivity contribution >= 4 is 5.91 Å². The van der Waals surface area contributed by atoms with E-state index in [1.54, 1.807) is 0 Å². The molecule has 0 saturated heterocycles. The van der Waals surface area contributed by atoms with Crippen molar-refractivity contribution in [3.63, 3.8) is 0 Å². The second-order valence-corrected chi connectivity index (χ2v) is 8.87. The monoisotopic (exact) mass is 330 g/mol. The Morgan fingerprint density at radius 3 is 2.29 bits per heavy atom. The summed E-state index contributed by atoms with van der Waals surface area (Å²) in [6.07, 6.45) is 9.61. The van der Waals surface area contributed by atoms with Gasteiger partial charge in [-0.3, -0.25) is 4.79 Å². The maximum atomic E-state index is 12.5. The van der Waals surface area contributed by atoms with Gasteiger partial charge in [0.15, 0.2) is 0 Å². The molecule has 4 bridgehead atoms. The number of carbonyl (C=O) groups excluding carboxylic acids is 1. The molecule has 4 heteroatoms. The van der Waals surface area contributed by atoms with Crippen LogP contribution in [0.25, 0.3) is 0 Å². The minimum Gasteiger partial charge on any atom is -0.361 e. The number of amides is 1. The van der Waals surface area contributed by atoms with Crippen molar-refractivity contribution < 1.29 is 9.32 Å². The van der Waals surface area contributed by atoms with Crippen LogP contribution in [0.1, 0.15) is 68.9 Å². The predicted molar refractivity (Wildman–Crippen MR) is 92.5 cm³/mol. The van der Waals surface area contributed by atoms with Crippen LogP contribution < -0.4 is 5.32 Å². The maximum absolute atomic E-state index is 12.5. The van der Waals surface area contributed by atoms with Gasteiger partial charge in [-0.1, -0.05) is 5.16 Å². The van der Waals surface area contributed by atoms with Gasteiger partial charge < -0.3 is 9.84 Å². The molecule has 1 N–H and O–H groups in total. The Bertz CT molecular complexity index is 579. The fourth-order valence-corrected chi connectivity index (χ4v) is 6.27. The van der Waals surface area contributed by atoms with Gasteiger partial charge in [-0.25, -0.2) is 0 Å². The van der Waals surface area contributed by atoms with Crippen molar-refractivity contribution in [2.24, 2.45) is 23.2 Å². The molecule has 1 amide bonds. The van der Waals surface area contributed by atoms with Gasteiger partial charge >= 0.3 is 0 Å². The second-order valence-electron chi connectivity index (χ2n) is 8.87. The van der Waals surface area contributed by atoms with Crippen LogP contribution in [0.3, 0.4) is 0 Å². The summed E-state index contributed by atoms with van der Waals surface area (Å²) in [7, 11) is 0. The summed E-state index contributed by atoms with van der Waals surface area (Å²) in [5.74, 6) is 3.81. The van der Waals surface area contributed by atoms with Crippen molar-refractivity contribution in [1.29, 1.82) is 0 Å². The normalized spacial score (nSPS) is 35.2. The SMILES string of the molecule is Cc1noc(C)c1CCC(=O)N[C@H](C)C12CC3CC(CC(C3)C1)C2. The molecule has 4 aliphatic carbocycles. The van der Waals surface area contributed by atoms with Crippen molar-refractivity contribution in [2.45, 2.75) is 78.2 Å². The third-order valence-corrected chi connectivity index (χ3v) is 7.16. The summed E-state index contributed by atoms with van der Waals surface area (Å²) in [6, 6.07) is 0.308. The fraction of sp³-hybridized carbons (Fsp3) is 0.800. The molecule has 0 spiro atoms. The molecule has 4 aliphatic rings. The lowest BCUT2D eigenvalue weighted by Crippen LogP contribution is -2.55. The molecule has 4 saturated carbocycles. The predicted octanol–water partition coefficient (Wildman–Crippen LogP) is 3.95. The van der Waals surface area contributed by atoms with Gasteiger partial charge in [0.1, 0.15) is 5.76 Å². The van der Waals surface area contributed by atoms with Gasteiger partial charge in [0.25, 0.3) is 0 Å². The average Bonchev–Trinajstić information content (AvgIpc) is 2.82. The molecule has 1 aromatic rings. The number of hydrogen-bond acceptors (Lipinski definition) is 3. The van der Waals surface area contributed by atoms with Gasteiger partial charge in [-0.05, 0) is 88.9 Å². The Morgan fingerprint density at radius 2 is 1.79 bits per heavy atom. The van der Waals surface area contributed by atoms with Crippen molar-refractivity contribution in [3.05, 3.63) is 17.0 Å². The summed E-state index contributed by atoms with van der Waals surface area (Å²) in [5.41, 5.74) is 2.38. The largest absolute Gasteiger partial charge is 0.361 e. The number of nitrogens with zero attached hydrogens (tertiary/aromatic N) is 1. The minimum atomic E-state index is 0.179. The first-order valence-electron chi connectivity index (χ1n) is 9.66. The quantitative estimate of drug-likeness (QED) is 0.889. The topological polar surface area (TPSA) is 55.1 Å². The van der Waals surface area contributed by atoms with Gasteiger partial charge in [0.2, 0.25) is 5.91 Å². The van der Waals surface area contributed by atoms with Crippen LogP contribution in [0.2, 0.25) is 0 Å². The zero-order valence-electron chi connectivity index (χ0n) is 15.2. The molecule has 24 heavy (non-hydrogen) atoms. The van der Waals surface area contributed by atoms with Crippen LogP contribution in [0, 0.1) is 37.0 Å². The van der Waals surface area contributed by atoms with E-state index in [-0.39, 0.29) is 5.91 Å². The Morgan fingerprint density at radius 1 is 1.21 bits per heavy atom. The molecule has 4 fully saturated rings. The first-order valence-corrected chi connectivity index (χ1v) is 9.66. The number of nitrogens with one attached hydrogen (secondary N) is 1. The van der Waals surface area contributed by atoms with E-state index in [2.05, 4.69) is 17.4 Å². The van der Waals surface area contributed by atoms with E-state index < -0.39 is 0 Å². The van der Waals surface area contributed by atoms with Crippen LogP contribution in [0.15, 0.2) is 4.52 Å². The van der Waals surface area contributed by atoms with Gasteiger partial charge in [-0.15, -0.1) is 0 Å². The lowest BCUT2D eigenvalue weighted by atomic mass is 9.48. The summed E-state index contributed by atoms with van der Waals surface area (Å²) < 4.78 is 5.19. The molecule has 4 nitrogen and oxygen atoms in total. The molecule has 1 aromatic heterocycles. The molecule has 0 aromatic carbocycles. The molecule has 1 heterocycles. The van der Waals surface area contributed by atoms with E-state index in [4.69, 9.17) is 4.52 Å². The Labute approximate surface area is 144 Å². The molecule has 132 valence electrons. The Kier molecular flexibility index (Phi) is 3.97. The summed E-state index contributed by atoms with van der Waals surface area (Å²) in [5, 5.41) is 7.32. The van der Waals surface area contributed by atoms with E-state index in [1.165, 1.54) is 38.5 Å². The van der Waals surface area contributed by atoms with Gasteiger partial charge in [0, 0.05) is 18.0 Å². The highest BCUT2D eigenvalue weighted by atomic mass is 16.5. The maximum Gasteiger partial charge on any atom is 0.220 e. The van der Waals surface area contributed by atoms with Crippen molar-refractivity contribution in [3.8, 4) is 0 Å². The van der Waals surface area contributed by atoms with E-state index in [9.17, 15) is 4.79 Å². The van der Waals surface area contributed by atoms with E-state index in [0.29, 0.717) is 17.9 Å². The molecule has 0 radical (unpaired) electrons. The van der Waals surface area contributed by atoms with E-state index in [1.807, 2.05) is 13.8 Å². The number of aryl methyl sites for hydroxylation is 2. The number of hydrogen-bond donors (Lipinski definition) is 1. The molecular formula is C20H30N2O2. The van der Waals surface area contributed by atoms with Crippen LogP contribution in [0.5, 0.6) is 0 Å². The molecular weight excluding hydrogens is 300 g/mol. The molecule has 5 rings (SSSR count). The number of aromatic nitrogens is 1. The lowest BCUT2D eigenvalue weighted by Gasteiger charge is -2.59. The van der Waals surface area contributed by atoms with E-state index >= 15 is 0 Å². The summed E-state index contributed by atoms with van der Waals surface area (Å²) >= 11 is 0. The summed E-state index contributed by atoms with van der Waals surface area (Å²) in [6.45, 7) is 6.12. The number of carbonyl (C=O) groups is 1. The molecule has 0 unspecified atom stereocenters. The third-order valence-electron chi connectivity index (χ3n) is 7.16. The smallest absolute Gasteiger partial charge is 0.220 e. The van der Waals surface area contributed by atoms with Gasteiger partial charge in [-0.2, -0.15) is 0 Å². The Balaban J connectivity index is 1.36. The van der Waals surface area contributed by atoms with Crippen molar-refractivity contribution in [1.82, 2.24) is 10.5 Å². The molecule has 1 atom stereocenters. The lowest BCUT2D eigenvalue weighted by molar-refractivity contribution is -0.125. The highest BCUT2D eigenvalue weighted by Crippen LogP contribution is 2.61.